The molecule has 0 atom stereocenters. The van der Waals surface area contributed by atoms with Gasteiger partial charge in [0, 0.05) is 24.2 Å². The average molecular weight is 644 g/mol. The SMILES string of the molecule is C=C(CC)C(=O)c1ccc(OCC(=O)NCCCNC(=O)COc2ccc(C(=O)C(=C)CC)c(Cl)c2Cl)c(Cl)c1Cl. The van der Waals surface area contributed by atoms with E-state index in [2.05, 4.69) is 23.8 Å². The Morgan fingerprint density at radius 3 is 1.37 bits per heavy atom. The van der Waals surface area contributed by atoms with Gasteiger partial charge in [-0.15, -0.1) is 0 Å². The van der Waals surface area contributed by atoms with Crippen LogP contribution in [0.25, 0.3) is 0 Å². The van der Waals surface area contributed by atoms with Crippen molar-refractivity contribution in [1.29, 1.82) is 0 Å². The number of ketones is 2. The molecule has 41 heavy (non-hydrogen) atoms. The Morgan fingerprint density at radius 2 is 1.02 bits per heavy atom. The number of halogens is 4. The summed E-state index contributed by atoms with van der Waals surface area (Å²) in [6, 6.07) is 5.88. The molecule has 0 unspecified atom stereocenters. The van der Waals surface area contributed by atoms with Crippen molar-refractivity contribution in [3.8, 4) is 11.5 Å². The molecule has 2 N–H and O–H groups in total. The molecule has 0 saturated heterocycles. The molecule has 0 bridgehead atoms. The van der Waals surface area contributed by atoms with Gasteiger partial charge in [0.2, 0.25) is 0 Å². The van der Waals surface area contributed by atoms with Crippen LogP contribution in [0, 0.1) is 0 Å². The molecule has 8 nitrogen and oxygen atoms in total. The van der Waals surface area contributed by atoms with E-state index in [1.165, 1.54) is 24.3 Å². The molecule has 0 heterocycles. The molecular weight excluding hydrogens is 614 g/mol. The number of carbonyl (C=O) groups excluding carboxylic acids is 4. The van der Waals surface area contributed by atoms with Crippen LogP contribution in [0.15, 0.2) is 48.6 Å². The van der Waals surface area contributed by atoms with Gasteiger partial charge in [-0.3, -0.25) is 19.2 Å². The predicted molar refractivity (Wildman–Crippen MR) is 162 cm³/mol. The van der Waals surface area contributed by atoms with Crippen LogP contribution < -0.4 is 20.1 Å². The number of ether oxygens (including phenoxy) is 2. The van der Waals surface area contributed by atoms with Crippen molar-refractivity contribution in [3.63, 3.8) is 0 Å². The van der Waals surface area contributed by atoms with E-state index in [1.807, 2.05) is 0 Å². The Labute approximate surface area is 258 Å². The number of amides is 2. The second-order valence-electron chi connectivity index (χ2n) is 8.68. The van der Waals surface area contributed by atoms with Crippen molar-refractivity contribution in [3.05, 3.63) is 79.8 Å². The highest BCUT2D eigenvalue weighted by atomic mass is 35.5. The van der Waals surface area contributed by atoms with E-state index in [9.17, 15) is 19.2 Å². The maximum absolute atomic E-state index is 12.3. The fourth-order valence-corrected chi connectivity index (χ4v) is 4.19. The number of Topliss-reactive ketones (excluding diaryl/α,β-unsaturated/α-hetero) is 2. The quantitative estimate of drug-likeness (QED) is 0.120. The molecule has 220 valence electrons. The lowest BCUT2D eigenvalue weighted by Crippen LogP contribution is -2.34. The molecular formula is C29H30Cl4N2O6. The normalized spacial score (nSPS) is 10.5. The van der Waals surface area contributed by atoms with E-state index < -0.39 is 11.8 Å². The van der Waals surface area contributed by atoms with Crippen molar-refractivity contribution in [2.24, 2.45) is 0 Å². The zero-order valence-corrected chi connectivity index (χ0v) is 25.7. The topological polar surface area (TPSA) is 111 Å². The number of hydrogen-bond acceptors (Lipinski definition) is 6. The first-order valence-corrected chi connectivity index (χ1v) is 14.1. The van der Waals surface area contributed by atoms with Crippen LogP contribution in [-0.4, -0.2) is 49.7 Å². The molecule has 2 aromatic rings. The highest BCUT2D eigenvalue weighted by molar-refractivity contribution is 6.46. The maximum Gasteiger partial charge on any atom is 0.257 e. The average Bonchev–Trinajstić information content (AvgIpc) is 2.96. The second-order valence-corrected chi connectivity index (χ2v) is 10.2. The van der Waals surface area contributed by atoms with Gasteiger partial charge in [-0.2, -0.15) is 0 Å². The number of allylic oxidation sites excluding steroid dienone is 2. The summed E-state index contributed by atoms with van der Waals surface area (Å²) in [7, 11) is 0. The monoisotopic (exact) mass is 642 g/mol. The van der Waals surface area contributed by atoms with Gasteiger partial charge in [-0.05, 0) is 54.7 Å². The summed E-state index contributed by atoms with van der Waals surface area (Å²) in [5, 5.41) is 5.41. The van der Waals surface area contributed by atoms with Gasteiger partial charge in [0.25, 0.3) is 11.8 Å². The Hall–Kier alpha value is -3.04. The third kappa shape index (κ3) is 9.50. The van der Waals surface area contributed by atoms with Crippen LogP contribution in [0.3, 0.4) is 0 Å². The van der Waals surface area contributed by atoms with Crippen LogP contribution in [0.5, 0.6) is 11.5 Å². The second kappa shape index (κ2) is 16.4. The largest absolute Gasteiger partial charge is 0.482 e. The smallest absolute Gasteiger partial charge is 0.257 e. The van der Waals surface area contributed by atoms with Gasteiger partial charge >= 0.3 is 0 Å². The van der Waals surface area contributed by atoms with E-state index in [0.29, 0.717) is 30.4 Å². The zero-order chi connectivity index (χ0) is 30.7. The van der Waals surface area contributed by atoms with E-state index in [0.717, 1.165) is 0 Å². The van der Waals surface area contributed by atoms with Gasteiger partial charge in [-0.25, -0.2) is 0 Å². The number of carbonyl (C=O) groups is 4. The number of nitrogens with one attached hydrogen (secondary N) is 2. The van der Waals surface area contributed by atoms with E-state index in [-0.39, 0.29) is 80.6 Å². The molecule has 2 rings (SSSR count). The van der Waals surface area contributed by atoms with Crippen LogP contribution in [0.1, 0.15) is 53.8 Å². The standard InChI is InChI=1S/C29H30Cl4N2O6/c1-5-16(3)28(38)18-8-10-20(26(32)24(18)30)40-14-22(36)34-12-7-13-35-23(37)15-41-21-11-9-19(25(31)27(21)33)29(39)17(4)6-2/h8-11H,3-7,12-15H2,1-2H3,(H,34,36)(H,35,37). The summed E-state index contributed by atoms with van der Waals surface area (Å²) < 4.78 is 10.9. The summed E-state index contributed by atoms with van der Waals surface area (Å²) >= 11 is 24.9. The van der Waals surface area contributed by atoms with Gasteiger partial charge in [0.15, 0.2) is 24.8 Å². The first-order valence-electron chi connectivity index (χ1n) is 12.6. The van der Waals surface area contributed by atoms with Crippen molar-refractivity contribution < 1.29 is 28.7 Å². The Morgan fingerprint density at radius 1 is 0.659 bits per heavy atom. The van der Waals surface area contributed by atoms with Crippen molar-refractivity contribution in [2.45, 2.75) is 33.1 Å². The Balaban J connectivity index is 1.73. The zero-order valence-electron chi connectivity index (χ0n) is 22.6. The van der Waals surface area contributed by atoms with Crippen molar-refractivity contribution in [2.75, 3.05) is 26.3 Å². The van der Waals surface area contributed by atoms with E-state index >= 15 is 0 Å². The highest BCUT2D eigenvalue weighted by Gasteiger charge is 2.20. The maximum atomic E-state index is 12.3. The van der Waals surface area contributed by atoms with Gasteiger partial charge in [0.05, 0.1) is 10.0 Å². The molecule has 0 aliphatic rings. The molecule has 0 aromatic heterocycles. The van der Waals surface area contributed by atoms with Gasteiger partial charge in [-0.1, -0.05) is 73.4 Å². The van der Waals surface area contributed by atoms with Crippen LogP contribution in [-0.2, 0) is 9.59 Å². The minimum atomic E-state index is -0.415. The molecule has 2 aromatic carbocycles. The molecule has 12 heteroatoms. The molecule has 0 fully saturated rings. The molecule has 0 aliphatic heterocycles. The summed E-state index contributed by atoms with van der Waals surface area (Å²) in [5.74, 6) is -1.13. The fourth-order valence-electron chi connectivity index (χ4n) is 3.27. The highest BCUT2D eigenvalue weighted by Crippen LogP contribution is 2.37. The summed E-state index contributed by atoms with van der Waals surface area (Å²) in [6.07, 6.45) is 1.39. The lowest BCUT2D eigenvalue weighted by molar-refractivity contribution is -0.123. The molecule has 0 spiro atoms. The lowest BCUT2D eigenvalue weighted by Gasteiger charge is -2.13. The number of benzene rings is 2. The third-order valence-corrected chi connectivity index (χ3v) is 7.52. The summed E-state index contributed by atoms with van der Waals surface area (Å²) in [4.78, 5) is 48.9. The van der Waals surface area contributed by atoms with E-state index in [1.54, 1.807) is 13.8 Å². The fraction of sp³-hybridized carbons (Fsp3) is 0.310. The Bertz CT molecular complexity index is 1260. The van der Waals surface area contributed by atoms with Crippen LogP contribution >= 0.6 is 46.4 Å². The Kier molecular flexibility index (Phi) is 13.7. The number of hydrogen-bond donors (Lipinski definition) is 2. The molecule has 0 aliphatic carbocycles. The summed E-state index contributed by atoms with van der Waals surface area (Å²) in [6.45, 7) is 10.9. The molecule has 2 amide bonds. The van der Waals surface area contributed by atoms with Crippen molar-refractivity contribution >= 4 is 69.8 Å². The lowest BCUT2D eigenvalue weighted by atomic mass is 10.0. The molecule has 0 radical (unpaired) electrons. The molecule has 0 saturated carbocycles. The van der Waals surface area contributed by atoms with Crippen LogP contribution in [0.2, 0.25) is 20.1 Å². The first-order chi connectivity index (χ1) is 19.4. The van der Waals surface area contributed by atoms with Gasteiger partial charge < -0.3 is 20.1 Å². The summed E-state index contributed by atoms with van der Waals surface area (Å²) in [5.41, 5.74) is 1.21. The van der Waals surface area contributed by atoms with Gasteiger partial charge in [0.1, 0.15) is 21.5 Å². The van der Waals surface area contributed by atoms with Crippen LogP contribution in [0.4, 0.5) is 0 Å². The van der Waals surface area contributed by atoms with Crippen molar-refractivity contribution in [1.82, 2.24) is 10.6 Å². The first kappa shape index (κ1) is 34.2. The minimum absolute atomic E-state index is 0.0227. The van der Waals surface area contributed by atoms with E-state index in [4.69, 9.17) is 55.9 Å². The number of rotatable bonds is 16. The predicted octanol–water partition coefficient (Wildman–Crippen LogP) is 6.68. The third-order valence-electron chi connectivity index (χ3n) is 5.79. The minimum Gasteiger partial charge on any atom is -0.482 e.